The SMILES string of the molecule is O=C1[C@H]2[C@@H]3C=C[C@H]([C@H]4C[C@H]34)[C@@H]2C(=O)N1/N=C\c1cn(Cc2ccccc2Cl)c2ccccc12. The molecule has 8 rings (SSSR count). The standard InChI is InChI=1S/C27H22ClN3O2/c28-22-7-3-1-5-15(22)13-30-14-16(17-6-2-4-8-23(17)30)12-29-31-26(32)24-18-9-10-19(21-11-20(18)21)25(24)27(31)33/h1-10,12,14,18-21,24-25H,11,13H2/b29-12-/t18-,19-,20-,21-,24+,25+/m1/s1. The summed E-state index contributed by atoms with van der Waals surface area (Å²) in [6.07, 6.45) is 9.19. The summed E-state index contributed by atoms with van der Waals surface area (Å²) < 4.78 is 2.13. The topological polar surface area (TPSA) is 54.7 Å². The fourth-order valence-electron chi connectivity index (χ4n) is 6.49. The van der Waals surface area contributed by atoms with Crippen LogP contribution in [-0.2, 0) is 16.1 Å². The molecule has 0 unspecified atom stereocenters. The summed E-state index contributed by atoms with van der Waals surface area (Å²) in [5, 5.41) is 7.34. The molecule has 6 atom stereocenters. The summed E-state index contributed by atoms with van der Waals surface area (Å²) in [5.74, 6) is 0.870. The van der Waals surface area contributed by atoms with Gasteiger partial charge in [-0.15, -0.1) is 0 Å². The van der Waals surface area contributed by atoms with E-state index in [0.29, 0.717) is 18.4 Å². The molecule has 2 bridgehead atoms. The number of nitrogens with zero attached hydrogens (tertiary/aromatic N) is 3. The number of allylic oxidation sites excluding steroid dienone is 2. The Balaban J connectivity index is 1.22. The third-order valence-electron chi connectivity index (χ3n) is 8.07. The minimum absolute atomic E-state index is 0.134. The van der Waals surface area contributed by atoms with Gasteiger partial charge in [0, 0.05) is 34.2 Å². The van der Waals surface area contributed by atoms with Crippen LogP contribution >= 0.6 is 11.6 Å². The van der Waals surface area contributed by atoms with Crippen molar-refractivity contribution in [2.24, 2.45) is 40.6 Å². The number of imide groups is 1. The van der Waals surface area contributed by atoms with Crippen LogP contribution in [0.15, 0.2) is 72.0 Å². The van der Waals surface area contributed by atoms with E-state index in [1.165, 1.54) is 0 Å². The van der Waals surface area contributed by atoms with Crippen LogP contribution in [0.2, 0.25) is 5.02 Å². The van der Waals surface area contributed by atoms with E-state index < -0.39 is 0 Å². The predicted octanol–water partition coefficient (Wildman–Crippen LogP) is 4.73. The van der Waals surface area contributed by atoms with E-state index in [4.69, 9.17) is 11.6 Å². The van der Waals surface area contributed by atoms with Crippen molar-refractivity contribution in [3.63, 3.8) is 0 Å². The summed E-state index contributed by atoms with van der Waals surface area (Å²) in [7, 11) is 0. The Kier molecular flexibility index (Phi) is 4.04. The van der Waals surface area contributed by atoms with Gasteiger partial charge >= 0.3 is 0 Å². The van der Waals surface area contributed by atoms with Gasteiger partial charge in [-0.1, -0.05) is 60.2 Å². The number of carbonyl (C=O) groups is 2. The summed E-state index contributed by atoms with van der Waals surface area (Å²) >= 11 is 6.39. The Morgan fingerprint density at radius 2 is 1.61 bits per heavy atom. The molecule has 6 heteroatoms. The lowest BCUT2D eigenvalue weighted by Crippen LogP contribution is -2.40. The number of hydrogen-bond donors (Lipinski definition) is 0. The zero-order valence-electron chi connectivity index (χ0n) is 17.8. The zero-order chi connectivity index (χ0) is 22.3. The van der Waals surface area contributed by atoms with E-state index in [1.54, 1.807) is 6.21 Å². The van der Waals surface area contributed by atoms with E-state index in [1.807, 2.05) is 48.7 Å². The Morgan fingerprint density at radius 3 is 2.33 bits per heavy atom. The van der Waals surface area contributed by atoms with Gasteiger partial charge < -0.3 is 4.57 Å². The second-order valence-corrected chi connectivity index (χ2v) is 10.1. The molecular weight excluding hydrogens is 434 g/mol. The molecule has 0 radical (unpaired) electrons. The van der Waals surface area contributed by atoms with Crippen molar-refractivity contribution in [2.45, 2.75) is 13.0 Å². The molecule has 1 aliphatic heterocycles. The van der Waals surface area contributed by atoms with Gasteiger partial charge in [0.25, 0.3) is 11.8 Å². The van der Waals surface area contributed by atoms with Gasteiger partial charge in [-0.05, 0) is 47.8 Å². The Morgan fingerprint density at radius 1 is 0.939 bits per heavy atom. The van der Waals surface area contributed by atoms with Gasteiger partial charge in [-0.2, -0.15) is 10.1 Å². The second kappa shape index (κ2) is 6.91. The molecule has 2 amide bonds. The lowest BCUT2D eigenvalue weighted by atomic mass is 9.63. The highest BCUT2D eigenvalue weighted by molar-refractivity contribution is 6.31. The van der Waals surface area contributed by atoms with Gasteiger partial charge in [0.15, 0.2) is 0 Å². The second-order valence-electron chi connectivity index (χ2n) is 9.71. The number of halogens is 1. The van der Waals surface area contributed by atoms with Crippen LogP contribution in [0.25, 0.3) is 10.9 Å². The first kappa shape index (κ1) is 19.3. The number of fused-ring (bicyclic) bond motifs is 1. The van der Waals surface area contributed by atoms with E-state index in [-0.39, 0.29) is 35.5 Å². The number of benzene rings is 2. The van der Waals surface area contributed by atoms with Crippen LogP contribution in [-0.4, -0.2) is 27.6 Å². The maximum absolute atomic E-state index is 13.2. The fraction of sp³-hybridized carbons (Fsp3) is 0.296. The fourth-order valence-corrected chi connectivity index (χ4v) is 6.69. The highest BCUT2D eigenvalue weighted by atomic mass is 35.5. The minimum Gasteiger partial charge on any atom is -0.342 e. The molecule has 0 spiro atoms. The smallest absolute Gasteiger partial charge is 0.254 e. The molecule has 33 heavy (non-hydrogen) atoms. The molecule has 2 saturated carbocycles. The summed E-state index contributed by atoms with van der Waals surface area (Å²) in [5.41, 5.74) is 2.95. The minimum atomic E-state index is -0.227. The van der Waals surface area contributed by atoms with Gasteiger partial charge in [-0.3, -0.25) is 9.59 Å². The van der Waals surface area contributed by atoms with Gasteiger partial charge in [0.05, 0.1) is 18.1 Å². The van der Waals surface area contributed by atoms with Crippen molar-refractivity contribution in [3.8, 4) is 0 Å². The van der Waals surface area contributed by atoms with Crippen molar-refractivity contribution in [3.05, 3.63) is 83.0 Å². The molecule has 2 heterocycles. The number of hydrazone groups is 1. The number of amides is 2. The number of aromatic nitrogens is 1. The van der Waals surface area contributed by atoms with Crippen molar-refractivity contribution < 1.29 is 9.59 Å². The number of para-hydroxylation sites is 1. The van der Waals surface area contributed by atoms with Crippen LogP contribution in [0.5, 0.6) is 0 Å². The first-order valence-electron chi connectivity index (χ1n) is 11.5. The van der Waals surface area contributed by atoms with E-state index >= 15 is 0 Å². The first-order chi connectivity index (χ1) is 16.1. The van der Waals surface area contributed by atoms with Crippen LogP contribution in [0.4, 0.5) is 0 Å². The Hall–Kier alpha value is -3.18. The first-order valence-corrected chi connectivity index (χ1v) is 11.9. The molecule has 164 valence electrons. The monoisotopic (exact) mass is 455 g/mol. The molecule has 1 saturated heterocycles. The molecule has 1 aromatic heterocycles. The summed E-state index contributed by atoms with van der Waals surface area (Å²) in [4.78, 5) is 26.4. The van der Waals surface area contributed by atoms with Crippen molar-refractivity contribution in [1.29, 1.82) is 0 Å². The molecule has 5 nitrogen and oxygen atoms in total. The maximum Gasteiger partial charge on any atom is 0.254 e. The Bertz CT molecular complexity index is 1350. The van der Waals surface area contributed by atoms with Crippen molar-refractivity contribution >= 4 is 40.5 Å². The largest absolute Gasteiger partial charge is 0.342 e. The highest BCUT2D eigenvalue weighted by Crippen LogP contribution is 2.65. The lowest BCUT2D eigenvalue weighted by Gasteiger charge is -2.37. The van der Waals surface area contributed by atoms with Gasteiger partial charge in [-0.25, -0.2) is 0 Å². The summed E-state index contributed by atoms with van der Waals surface area (Å²) in [6.45, 7) is 0.623. The zero-order valence-corrected chi connectivity index (χ0v) is 18.6. The van der Waals surface area contributed by atoms with Gasteiger partial charge in [0.2, 0.25) is 0 Å². The van der Waals surface area contributed by atoms with Gasteiger partial charge in [0.1, 0.15) is 0 Å². The van der Waals surface area contributed by atoms with E-state index in [9.17, 15) is 9.59 Å². The number of carbonyl (C=O) groups excluding carboxylic acids is 2. The lowest BCUT2D eigenvalue weighted by molar-refractivity contribution is -0.140. The highest BCUT2D eigenvalue weighted by Gasteiger charge is 2.67. The number of rotatable bonds is 4. The van der Waals surface area contributed by atoms with E-state index in [2.05, 4.69) is 27.9 Å². The average Bonchev–Trinajstić information content (AvgIpc) is 3.54. The van der Waals surface area contributed by atoms with Crippen molar-refractivity contribution in [2.75, 3.05) is 0 Å². The third kappa shape index (κ3) is 2.75. The normalized spacial score (nSPS) is 31.6. The molecule has 2 aromatic carbocycles. The molecular formula is C27H22ClN3O2. The third-order valence-corrected chi connectivity index (χ3v) is 8.44. The summed E-state index contributed by atoms with van der Waals surface area (Å²) in [6, 6.07) is 15.9. The van der Waals surface area contributed by atoms with Crippen LogP contribution in [0.3, 0.4) is 0 Å². The molecule has 5 aliphatic rings. The predicted molar refractivity (Wildman–Crippen MR) is 127 cm³/mol. The van der Waals surface area contributed by atoms with E-state index in [0.717, 1.165) is 38.5 Å². The molecule has 0 N–H and O–H groups in total. The molecule has 3 aromatic rings. The molecule has 3 fully saturated rings. The van der Waals surface area contributed by atoms with Crippen LogP contribution in [0.1, 0.15) is 17.5 Å². The van der Waals surface area contributed by atoms with Crippen LogP contribution in [0, 0.1) is 35.5 Å². The number of hydrogen-bond acceptors (Lipinski definition) is 3. The quantitative estimate of drug-likeness (QED) is 0.324. The average molecular weight is 456 g/mol. The van der Waals surface area contributed by atoms with Crippen molar-refractivity contribution in [1.82, 2.24) is 9.58 Å². The maximum atomic E-state index is 13.2. The Labute approximate surface area is 196 Å². The van der Waals surface area contributed by atoms with Crippen LogP contribution < -0.4 is 0 Å². The molecule has 4 aliphatic carbocycles.